The molecule has 0 aliphatic carbocycles. The molecule has 0 radical (unpaired) electrons. The van der Waals surface area contributed by atoms with Crippen molar-refractivity contribution >= 4 is 55.4 Å². The summed E-state index contributed by atoms with van der Waals surface area (Å²) >= 11 is 9.22. The average molecular weight is 519 g/mol. The molecular formula is C27H19ClN2O3S2. The number of nitrogens with one attached hydrogen (secondary N) is 1. The maximum Gasteiger partial charge on any atom is 0.256 e. The molecule has 3 heterocycles. The van der Waals surface area contributed by atoms with Gasteiger partial charge in [-0.2, -0.15) is 0 Å². The summed E-state index contributed by atoms with van der Waals surface area (Å²) in [6.45, 7) is 2.34. The summed E-state index contributed by atoms with van der Waals surface area (Å²) in [4.78, 5) is 19.1. The molecule has 3 aromatic carbocycles. The number of hydrogen-bond donors (Lipinski definition) is 1. The van der Waals surface area contributed by atoms with Gasteiger partial charge in [0.25, 0.3) is 5.91 Å². The molecule has 174 valence electrons. The van der Waals surface area contributed by atoms with Crippen molar-refractivity contribution in [3.63, 3.8) is 0 Å². The molecule has 0 saturated heterocycles. The zero-order valence-electron chi connectivity index (χ0n) is 18.6. The van der Waals surface area contributed by atoms with Crippen LogP contribution in [0, 0.1) is 6.92 Å². The second kappa shape index (κ2) is 9.00. The predicted octanol–water partition coefficient (Wildman–Crippen LogP) is 7.56. The zero-order valence-corrected chi connectivity index (χ0v) is 21.0. The number of para-hydroxylation sites is 1. The summed E-state index contributed by atoms with van der Waals surface area (Å²) in [5.41, 5.74) is 4.69. The highest BCUT2D eigenvalue weighted by Gasteiger charge is 2.23. The van der Waals surface area contributed by atoms with Gasteiger partial charge < -0.3 is 14.8 Å². The van der Waals surface area contributed by atoms with Crippen LogP contribution in [0.3, 0.4) is 0 Å². The van der Waals surface area contributed by atoms with E-state index < -0.39 is 0 Å². The molecule has 0 fully saturated rings. The lowest BCUT2D eigenvalue weighted by atomic mass is 10.1. The van der Waals surface area contributed by atoms with E-state index in [0.717, 1.165) is 53.3 Å². The maximum absolute atomic E-state index is 13.1. The number of carbonyl (C=O) groups is 1. The van der Waals surface area contributed by atoms with Crippen molar-refractivity contribution in [3.8, 4) is 22.1 Å². The third kappa shape index (κ3) is 4.27. The lowest BCUT2D eigenvalue weighted by molar-refractivity contribution is 0.102. The van der Waals surface area contributed by atoms with Crippen molar-refractivity contribution in [2.24, 2.45) is 0 Å². The van der Waals surface area contributed by atoms with Crippen molar-refractivity contribution in [2.45, 2.75) is 13.3 Å². The number of amides is 1. The molecule has 0 unspecified atom stereocenters. The quantitative estimate of drug-likeness (QED) is 0.261. The van der Waals surface area contributed by atoms with Gasteiger partial charge in [0.05, 0.1) is 10.2 Å². The minimum Gasteiger partial charge on any atom is -0.454 e. The largest absolute Gasteiger partial charge is 0.454 e. The Balaban J connectivity index is 1.40. The Morgan fingerprint density at radius 3 is 2.66 bits per heavy atom. The molecule has 6 rings (SSSR count). The predicted molar refractivity (Wildman–Crippen MR) is 142 cm³/mol. The highest BCUT2D eigenvalue weighted by atomic mass is 35.5. The zero-order chi connectivity index (χ0) is 23.9. The Bertz CT molecular complexity index is 1540. The molecular weight excluding hydrogens is 500 g/mol. The van der Waals surface area contributed by atoms with E-state index in [1.165, 1.54) is 0 Å². The summed E-state index contributed by atoms with van der Waals surface area (Å²) in [6, 6.07) is 21.0. The van der Waals surface area contributed by atoms with Crippen LogP contribution in [-0.2, 0) is 6.42 Å². The van der Waals surface area contributed by atoms with Gasteiger partial charge in [-0.25, -0.2) is 4.98 Å². The average Bonchev–Trinajstić information content (AvgIpc) is 3.56. The minimum absolute atomic E-state index is 0.181. The summed E-state index contributed by atoms with van der Waals surface area (Å²) in [5, 5.41) is 5.41. The Kier molecular flexibility index (Phi) is 5.68. The van der Waals surface area contributed by atoms with Gasteiger partial charge in [-0.15, -0.1) is 22.7 Å². The fraction of sp³-hybridized carbons (Fsp3) is 0.111. The lowest BCUT2D eigenvalue weighted by Gasteiger charge is -2.06. The van der Waals surface area contributed by atoms with Gasteiger partial charge in [0, 0.05) is 27.4 Å². The number of ether oxygens (including phenoxy) is 2. The molecule has 8 heteroatoms. The first-order valence-corrected chi connectivity index (χ1v) is 13.0. The number of hydrogen-bond acceptors (Lipinski definition) is 6. The summed E-state index contributed by atoms with van der Waals surface area (Å²) in [7, 11) is 0. The van der Waals surface area contributed by atoms with Crippen LogP contribution in [0.15, 0.2) is 66.7 Å². The molecule has 0 spiro atoms. The van der Waals surface area contributed by atoms with E-state index in [2.05, 4.69) is 24.4 Å². The maximum atomic E-state index is 13.1. The standard InChI is InChI=1S/C27H19ClN2O3S2/c1-15-23(13-16-6-11-20-21(12-16)33-14-32-20)35-27(30-25(31)17-7-9-18(28)10-8-17)24(15)26-29-19-4-2-3-5-22(19)34-26/h2-12H,13-14H2,1H3,(H,30,31). The summed E-state index contributed by atoms with van der Waals surface area (Å²) in [6.07, 6.45) is 0.710. The van der Waals surface area contributed by atoms with Crippen LogP contribution >= 0.6 is 34.3 Å². The van der Waals surface area contributed by atoms with Crippen molar-refractivity contribution < 1.29 is 14.3 Å². The lowest BCUT2D eigenvalue weighted by Crippen LogP contribution is -2.11. The fourth-order valence-corrected chi connectivity index (χ4v) is 6.57. The number of carbonyl (C=O) groups excluding carboxylic acids is 1. The Hall–Kier alpha value is -3.39. The van der Waals surface area contributed by atoms with Crippen molar-refractivity contribution in [3.05, 3.63) is 93.3 Å². The number of nitrogens with zero attached hydrogens (tertiary/aromatic N) is 1. The van der Waals surface area contributed by atoms with Gasteiger partial charge in [0.15, 0.2) is 11.5 Å². The molecule has 1 N–H and O–H groups in total. The number of halogens is 1. The number of thiazole rings is 1. The SMILES string of the molecule is Cc1c(Cc2ccc3c(c2)OCO3)sc(NC(=O)c2ccc(Cl)cc2)c1-c1nc2ccccc2s1. The number of fused-ring (bicyclic) bond motifs is 2. The highest BCUT2D eigenvalue weighted by Crippen LogP contribution is 2.44. The molecule has 0 bridgehead atoms. The number of benzene rings is 3. The van der Waals surface area contributed by atoms with Gasteiger partial charge in [-0.1, -0.05) is 29.8 Å². The molecule has 35 heavy (non-hydrogen) atoms. The van der Waals surface area contributed by atoms with Crippen molar-refractivity contribution in [1.82, 2.24) is 4.98 Å². The molecule has 1 aliphatic heterocycles. The summed E-state index contributed by atoms with van der Waals surface area (Å²) < 4.78 is 12.1. The van der Waals surface area contributed by atoms with E-state index in [1.807, 2.05) is 30.3 Å². The first-order chi connectivity index (χ1) is 17.0. The van der Waals surface area contributed by atoms with E-state index in [-0.39, 0.29) is 12.7 Å². The number of aromatic nitrogens is 1. The van der Waals surface area contributed by atoms with Crippen LogP contribution in [0.5, 0.6) is 11.5 Å². The number of anilines is 1. The second-order valence-corrected chi connectivity index (χ2v) is 10.7. The van der Waals surface area contributed by atoms with E-state index in [4.69, 9.17) is 26.1 Å². The van der Waals surface area contributed by atoms with Crippen LogP contribution in [0.1, 0.15) is 26.4 Å². The van der Waals surface area contributed by atoms with E-state index >= 15 is 0 Å². The molecule has 2 aromatic heterocycles. The van der Waals surface area contributed by atoms with Gasteiger partial charge in [0.1, 0.15) is 10.0 Å². The van der Waals surface area contributed by atoms with Crippen LogP contribution in [0.2, 0.25) is 5.02 Å². The van der Waals surface area contributed by atoms with Crippen LogP contribution < -0.4 is 14.8 Å². The highest BCUT2D eigenvalue weighted by molar-refractivity contribution is 7.23. The van der Waals surface area contributed by atoms with Gasteiger partial charge in [0.2, 0.25) is 6.79 Å². The normalized spacial score (nSPS) is 12.3. The monoisotopic (exact) mass is 518 g/mol. The van der Waals surface area contributed by atoms with Gasteiger partial charge in [-0.3, -0.25) is 4.79 Å². The van der Waals surface area contributed by atoms with Crippen LogP contribution in [-0.4, -0.2) is 17.7 Å². The molecule has 1 amide bonds. The van der Waals surface area contributed by atoms with Gasteiger partial charge in [-0.05, 0) is 66.6 Å². The number of rotatable bonds is 5. The molecule has 0 saturated carbocycles. The minimum atomic E-state index is -0.181. The first-order valence-electron chi connectivity index (χ1n) is 11.0. The first kappa shape index (κ1) is 22.1. The molecule has 0 atom stereocenters. The van der Waals surface area contributed by atoms with E-state index in [1.54, 1.807) is 46.9 Å². The number of thiophene rings is 1. The Morgan fingerprint density at radius 2 is 1.83 bits per heavy atom. The second-order valence-electron chi connectivity index (χ2n) is 8.17. The Morgan fingerprint density at radius 1 is 1.03 bits per heavy atom. The van der Waals surface area contributed by atoms with Crippen molar-refractivity contribution in [1.29, 1.82) is 0 Å². The molecule has 5 nitrogen and oxygen atoms in total. The topological polar surface area (TPSA) is 60.5 Å². The van der Waals surface area contributed by atoms with E-state index in [0.29, 0.717) is 17.0 Å². The Labute approximate surface area is 214 Å². The van der Waals surface area contributed by atoms with Crippen LogP contribution in [0.4, 0.5) is 5.00 Å². The van der Waals surface area contributed by atoms with Gasteiger partial charge >= 0.3 is 0 Å². The van der Waals surface area contributed by atoms with E-state index in [9.17, 15) is 4.79 Å². The summed E-state index contributed by atoms with van der Waals surface area (Å²) in [5.74, 6) is 1.35. The van der Waals surface area contributed by atoms with Crippen molar-refractivity contribution in [2.75, 3.05) is 12.1 Å². The third-order valence-electron chi connectivity index (χ3n) is 5.89. The molecule has 1 aliphatic rings. The fourth-order valence-electron chi connectivity index (χ4n) is 4.07. The van der Waals surface area contributed by atoms with Crippen LogP contribution in [0.25, 0.3) is 20.8 Å². The molecule has 5 aromatic rings. The third-order valence-corrected chi connectivity index (χ3v) is 8.40. The smallest absolute Gasteiger partial charge is 0.256 e.